The Morgan fingerprint density at radius 2 is 1.84 bits per heavy atom. The van der Waals surface area contributed by atoms with E-state index in [9.17, 15) is 9.59 Å². The van der Waals surface area contributed by atoms with Gasteiger partial charge in [0.05, 0.1) is 12.8 Å². The summed E-state index contributed by atoms with van der Waals surface area (Å²) in [6.07, 6.45) is 0. The fourth-order valence-corrected chi connectivity index (χ4v) is 2.82. The normalized spacial score (nSPS) is 13.9. The Bertz CT molecular complexity index is 774. The van der Waals surface area contributed by atoms with Gasteiger partial charge in [0.15, 0.2) is 0 Å². The predicted molar refractivity (Wildman–Crippen MR) is 97.1 cm³/mol. The van der Waals surface area contributed by atoms with E-state index >= 15 is 0 Å². The van der Waals surface area contributed by atoms with Gasteiger partial charge in [0.1, 0.15) is 12.3 Å². The van der Waals surface area contributed by atoms with E-state index < -0.39 is 0 Å². The van der Waals surface area contributed by atoms with Crippen molar-refractivity contribution in [3.8, 4) is 5.75 Å². The number of aryl methyl sites for hydroxylation is 1. The molecule has 6 heteroatoms. The minimum absolute atomic E-state index is 0.0261. The number of carbonyl (C=O) groups is 2. The van der Waals surface area contributed by atoms with Crippen molar-refractivity contribution in [1.29, 1.82) is 0 Å². The third-order valence-corrected chi connectivity index (χ3v) is 4.14. The van der Waals surface area contributed by atoms with Gasteiger partial charge in [-0.15, -0.1) is 0 Å². The maximum atomic E-state index is 12.6. The van der Waals surface area contributed by atoms with Gasteiger partial charge >= 0.3 is 6.03 Å². The van der Waals surface area contributed by atoms with Crippen LogP contribution in [0.2, 0.25) is 0 Å². The summed E-state index contributed by atoms with van der Waals surface area (Å²) in [4.78, 5) is 28.0. The molecular weight excluding hydrogens is 318 g/mol. The Labute approximate surface area is 147 Å². The summed E-state index contributed by atoms with van der Waals surface area (Å²) in [7, 11) is 1.58. The Kier molecular flexibility index (Phi) is 4.88. The zero-order valence-corrected chi connectivity index (χ0v) is 14.4. The highest BCUT2D eigenvalue weighted by atomic mass is 16.5. The van der Waals surface area contributed by atoms with E-state index in [0.29, 0.717) is 18.8 Å². The highest BCUT2D eigenvalue weighted by molar-refractivity contribution is 6.00. The molecule has 1 aliphatic heterocycles. The first-order valence-corrected chi connectivity index (χ1v) is 8.14. The van der Waals surface area contributed by atoms with Crippen molar-refractivity contribution < 1.29 is 14.3 Å². The molecule has 1 aliphatic rings. The van der Waals surface area contributed by atoms with Gasteiger partial charge in [-0.2, -0.15) is 0 Å². The molecular formula is C19H21N3O3. The molecule has 0 saturated carbocycles. The van der Waals surface area contributed by atoms with Crippen LogP contribution in [-0.4, -0.2) is 43.6 Å². The number of nitrogens with one attached hydrogen (secondary N) is 1. The van der Waals surface area contributed by atoms with Crippen molar-refractivity contribution in [1.82, 2.24) is 4.90 Å². The van der Waals surface area contributed by atoms with Crippen molar-refractivity contribution >= 4 is 23.3 Å². The molecule has 3 rings (SSSR count). The molecule has 130 valence electrons. The van der Waals surface area contributed by atoms with Gasteiger partial charge in [0, 0.05) is 18.8 Å². The monoisotopic (exact) mass is 339 g/mol. The molecule has 1 N–H and O–H groups in total. The van der Waals surface area contributed by atoms with Crippen LogP contribution >= 0.6 is 0 Å². The van der Waals surface area contributed by atoms with Gasteiger partial charge in [0.2, 0.25) is 5.91 Å². The van der Waals surface area contributed by atoms with Crippen LogP contribution in [0.5, 0.6) is 5.75 Å². The summed E-state index contributed by atoms with van der Waals surface area (Å²) in [5, 5.41) is 2.82. The molecule has 6 nitrogen and oxygen atoms in total. The quantitative estimate of drug-likeness (QED) is 0.911. The molecule has 3 amide bonds. The van der Waals surface area contributed by atoms with Crippen LogP contribution in [0, 0.1) is 6.92 Å². The molecule has 0 spiro atoms. The van der Waals surface area contributed by atoms with E-state index in [-0.39, 0.29) is 18.5 Å². The number of benzene rings is 2. The van der Waals surface area contributed by atoms with Crippen LogP contribution in [-0.2, 0) is 4.79 Å². The second kappa shape index (κ2) is 7.25. The van der Waals surface area contributed by atoms with Gasteiger partial charge in [-0.1, -0.05) is 29.8 Å². The van der Waals surface area contributed by atoms with Gasteiger partial charge in [-0.05, 0) is 31.2 Å². The van der Waals surface area contributed by atoms with Crippen molar-refractivity contribution in [2.75, 3.05) is 37.0 Å². The molecule has 0 atom stereocenters. The van der Waals surface area contributed by atoms with Gasteiger partial charge in [-0.3, -0.25) is 9.69 Å². The minimum atomic E-state index is -0.209. The largest absolute Gasteiger partial charge is 0.495 e. The van der Waals surface area contributed by atoms with E-state index in [2.05, 4.69) is 5.32 Å². The van der Waals surface area contributed by atoms with E-state index in [1.54, 1.807) is 12.0 Å². The fourth-order valence-electron chi connectivity index (χ4n) is 2.82. The average Bonchev–Trinajstić information content (AvgIpc) is 2.97. The lowest BCUT2D eigenvalue weighted by Gasteiger charge is -2.20. The number of para-hydroxylation sites is 2. The molecule has 1 heterocycles. The maximum absolute atomic E-state index is 12.6. The number of rotatable bonds is 5. The maximum Gasteiger partial charge on any atom is 0.325 e. The highest BCUT2D eigenvalue weighted by Crippen LogP contribution is 2.30. The number of carbonyl (C=O) groups excluding carboxylic acids is 2. The van der Waals surface area contributed by atoms with Crippen LogP contribution in [0.1, 0.15) is 5.56 Å². The number of methoxy groups -OCH3 is 1. The topological polar surface area (TPSA) is 61.9 Å². The predicted octanol–water partition coefficient (Wildman–Crippen LogP) is 2.88. The minimum Gasteiger partial charge on any atom is -0.495 e. The van der Waals surface area contributed by atoms with Crippen molar-refractivity contribution in [3.63, 3.8) is 0 Å². The first-order valence-electron chi connectivity index (χ1n) is 8.14. The summed E-state index contributed by atoms with van der Waals surface area (Å²) in [5.41, 5.74) is 2.57. The number of nitrogens with zero attached hydrogens (tertiary/aromatic N) is 2. The molecule has 0 bridgehead atoms. The summed E-state index contributed by atoms with van der Waals surface area (Å²) in [6.45, 7) is 3.04. The number of anilines is 2. The van der Waals surface area contributed by atoms with Crippen LogP contribution in [0.4, 0.5) is 16.2 Å². The number of hydrogen-bond donors (Lipinski definition) is 1. The molecule has 25 heavy (non-hydrogen) atoms. The summed E-state index contributed by atoms with van der Waals surface area (Å²) in [6, 6.07) is 14.7. The third kappa shape index (κ3) is 3.74. The van der Waals surface area contributed by atoms with Gasteiger partial charge < -0.3 is 15.0 Å². The second-order valence-electron chi connectivity index (χ2n) is 5.94. The number of hydrogen-bond acceptors (Lipinski definition) is 3. The Balaban J connectivity index is 1.64. The zero-order chi connectivity index (χ0) is 17.8. The number of amides is 3. The van der Waals surface area contributed by atoms with Crippen LogP contribution < -0.4 is 15.0 Å². The first kappa shape index (κ1) is 16.8. The Morgan fingerprint density at radius 1 is 1.12 bits per heavy atom. The lowest BCUT2D eigenvalue weighted by molar-refractivity contribution is -0.116. The molecule has 2 aromatic rings. The zero-order valence-electron chi connectivity index (χ0n) is 14.4. The van der Waals surface area contributed by atoms with E-state index in [0.717, 1.165) is 16.9 Å². The third-order valence-electron chi connectivity index (χ3n) is 4.14. The molecule has 1 saturated heterocycles. The fraction of sp³-hybridized carbons (Fsp3) is 0.263. The summed E-state index contributed by atoms with van der Waals surface area (Å²) >= 11 is 0. The Morgan fingerprint density at radius 3 is 2.56 bits per heavy atom. The van der Waals surface area contributed by atoms with Crippen molar-refractivity contribution in [2.24, 2.45) is 0 Å². The Hall–Kier alpha value is -3.02. The molecule has 0 aliphatic carbocycles. The standard InChI is InChI=1S/C19H21N3O3/c1-14-7-9-15(10-8-14)20-18(23)13-21-11-12-22(19(21)24)16-5-3-4-6-17(16)25-2/h3-10H,11-13H2,1-2H3,(H,20,23). The smallest absolute Gasteiger partial charge is 0.325 e. The molecule has 2 aromatic carbocycles. The summed E-state index contributed by atoms with van der Waals surface area (Å²) < 4.78 is 5.32. The van der Waals surface area contributed by atoms with Crippen molar-refractivity contribution in [2.45, 2.75) is 6.92 Å². The van der Waals surface area contributed by atoms with Gasteiger partial charge in [-0.25, -0.2) is 4.79 Å². The van der Waals surface area contributed by atoms with Crippen molar-refractivity contribution in [3.05, 3.63) is 54.1 Å². The molecule has 0 unspecified atom stereocenters. The van der Waals surface area contributed by atoms with Gasteiger partial charge in [0.25, 0.3) is 0 Å². The first-order chi connectivity index (χ1) is 12.1. The van der Waals surface area contributed by atoms with E-state index in [4.69, 9.17) is 4.74 Å². The summed E-state index contributed by atoms with van der Waals surface area (Å²) in [5.74, 6) is 0.431. The van der Waals surface area contributed by atoms with Crippen LogP contribution in [0.15, 0.2) is 48.5 Å². The van der Waals surface area contributed by atoms with E-state index in [1.807, 2.05) is 55.5 Å². The molecule has 1 fully saturated rings. The lowest BCUT2D eigenvalue weighted by Crippen LogP contribution is -2.37. The van der Waals surface area contributed by atoms with Crippen LogP contribution in [0.3, 0.4) is 0 Å². The SMILES string of the molecule is COc1ccccc1N1CCN(CC(=O)Nc2ccc(C)cc2)C1=O. The molecule has 0 radical (unpaired) electrons. The van der Waals surface area contributed by atoms with E-state index in [1.165, 1.54) is 4.90 Å². The number of urea groups is 1. The number of ether oxygens (including phenoxy) is 1. The second-order valence-corrected chi connectivity index (χ2v) is 5.94. The lowest BCUT2D eigenvalue weighted by atomic mass is 10.2. The van der Waals surface area contributed by atoms with Crippen LogP contribution in [0.25, 0.3) is 0 Å². The average molecular weight is 339 g/mol. The highest BCUT2D eigenvalue weighted by Gasteiger charge is 2.32. The molecule has 0 aromatic heterocycles.